The van der Waals surface area contributed by atoms with Gasteiger partial charge in [-0.1, -0.05) is 0 Å². The molecule has 0 radical (unpaired) electrons. The van der Waals surface area contributed by atoms with E-state index in [0.29, 0.717) is 32.5 Å². The normalized spacial score (nSPS) is 21.4. The molecule has 0 unspecified atom stereocenters. The molecule has 1 aromatic carbocycles. The van der Waals surface area contributed by atoms with Gasteiger partial charge in [0.2, 0.25) is 5.91 Å². The first-order chi connectivity index (χ1) is 15.5. The van der Waals surface area contributed by atoms with Gasteiger partial charge in [-0.2, -0.15) is 13.2 Å². The summed E-state index contributed by atoms with van der Waals surface area (Å²) >= 11 is 0. The van der Waals surface area contributed by atoms with Crippen molar-refractivity contribution >= 4 is 17.6 Å². The van der Waals surface area contributed by atoms with Crippen LogP contribution >= 0.6 is 0 Å². The summed E-state index contributed by atoms with van der Waals surface area (Å²) in [7, 11) is 3.40. The number of amides is 3. The fourth-order valence-corrected chi connectivity index (χ4v) is 5.56. The number of hydrogen-bond donors (Lipinski definition) is 0. The molecule has 3 aliphatic rings. The van der Waals surface area contributed by atoms with Crippen molar-refractivity contribution in [3.8, 4) is 0 Å². The highest BCUT2D eigenvalue weighted by molar-refractivity contribution is 5.95. The zero-order valence-corrected chi connectivity index (χ0v) is 19.0. The molecule has 0 N–H and O–H groups in total. The van der Waals surface area contributed by atoms with Crippen LogP contribution in [0.4, 0.5) is 28.0 Å². The minimum atomic E-state index is -4.48. The van der Waals surface area contributed by atoms with E-state index in [4.69, 9.17) is 0 Å². The Bertz CT molecular complexity index is 904. The lowest BCUT2D eigenvalue weighted by molar-refractivity contribution is -0.162. The molecule has 2 fully saturated rings. The number of rotatable bonds is 2. The topological polar surface area (TPSA) is 47.1 Å². The van der Waals surface area contributed by atoms with Crippen LogP contribution < -0.4 is 4.90 Å². The van der Waals surface area contributed by atoms with Crippen LogP contribution in [0.1, 0.15) is 37.7 Å². The molecule has 3 amide bonds. The molecule has 1 spiro atoms. The summed E-state index contributed by atoms with van der Waals surface area (Å²) in [6.07, 6.45) is -3.04. The van der Waals surface area contributed by atoms with E-state index in [1.165, 1.54) is 15.9 Å². The Morgan fingerprint density at radius 3 is 2.30 bits per heavy atom. The van der Waals surface area contributed by atoms with Crippen LogP contribution in [0.2, 0.25) is 0 Å². The van der Waals surface area contributed by atoms with E-state index >= 15 is 0 Å². The molecule has 3 heterocycles. The van der Waals surface area contributed by atoms with Crippen molar-refractivity contribution in [3.63, 3.8) is 0 Å². The van der Waals surface area contributed by atoms with Crippen molar-refractivity contribution < 1.29 is 27.2 Å². The summed E-state index contributed by atoms with van der Waals surface area (Å²) in [6.45, 7) is 2.71. The van der Waals surface area contributed by atoms with E-state index in [2.05, 4.69) is 4.90 Å². The van der Waals surface area contributed by atoms with Gasteiger partial charge in [0.1, 0.15) is 12.2 Å². The largest absolute Gasteiger partial charge is 0.397 e. The number of likely N-dealkylation sites (tertiary alicyclic amines) is 2. The highest BCUT2D eigenvalue weighted by atomic mass is 19.4. The van der Waals surface area contributed by atoms with Crippen LogP contribution in [0.5, 0.6) is 0 Å². The van der Waals surface area contributed by atoms with Gasteiger partial charge in [-0.25, -0.2) is 9.18 Å². The Labute approximate surface area is 191 Å². The summed E-state index contributed by atoms with van der Waals surface area (Å²) in [5.41, 5.74) is 1.34. The van der Waals surface area contributed by atoms with Crippen molar-refractivity contribution in [1.29, 1.82) is 0 Å². The molecule has 4 rings (SSSR count). The molecule has 1 aromatic rings. The van der Waals surface area contributed by atoms with Crippen molar-refractivity contribution in [3.05, 3.63) is 29.6 Å². The number of fused-ring (bicyclic) bond motifs is 2. The third-order valence-electron chi connectivity index (χ3n) is 7.34. The van der Waals surface area contributed by atoms with Gasteiger partial charge in [0, 0.05) is 50.9 Å². The van der Waals surface area contributed by atoms with E-state index < -0.39 is 18.5 Å². The smallest absolute Gasteiger partial charge is 0.342 e. The molecule has 0 atom stereocenters. The Kier molecular flexibility index (Phi) is 6.32. The first-order valence-electron chi connectivity index (χ1n) is 11.4. The number of anilines is 1. The molecule has 0 aromatic heterocycles. The molecule has 2 saturated heterocycles. The number of piperidine rings is 2. The molecule has 0 aliphatic carbocycles. The van der Waals surface area contributed by atoms with E-state index in [1.807, 2.05) is 0 Å². The maximum atomic E-state index is 14.1. The number of benzene rings is 1. The second-order valence-electron chi connectivity index (χ2n) is 9.64. The standard InChI is InChI=1S/C23H30F4N4O2/c1-28(2)21(33)31-15-22(18-13-16(24)3-4-19(18)31)7-11-29(12-8-22)17-5-9-30(10-6-17)20(32)14-23(25,26)27/h3-4,13,17H,5-12,14-15H2,1-2H3. The first-order valence-corrected chi connectivity index (χ1v) is 11.4. The maximum Gasteiger partial charge on any atom is 0.397 e. The zero-order valence-electron chi connectivity index (χ0n) is 19.0. The van der Waals surface area contributed by atoms with Crippen LogP contribution in [-0.2, 0) is 10.2 Å². The Balaban J connectivity index is 1.40. The van der Waals surface area contributed by atoms with Crippen molar-refractivity contribution in [2.75, 3.05) is 51.7 Å². The quantitative estimate of drug-likeness (QED) is 0.621. The van der Waals surface area contributed by atoms with Crippen LogP contribution in [-0.4, -0.2) is 85.7 Å². The molecular formula is C23H30F4N4O2. The number of carbonyl (C=O) groups is 2. The van der Waals surface area contributed by atoms with Gasteiger partial charge >= 0.3 is 12.2 Å². The molecule has 33 heavy (non-hydrogen) atoms. The summed E-state index contributed by atoms with van der Waals surface area (Å²) in [5.74, 6) is -1.17. The molecule has 3 aliphatic heterocycles. The predicted molar refractivity (Wildman–Crippen MR) is 116 cm³/mol. The third-order valence-corrected chi connectivity index (χ3v) is 7.34. The van der Waals surface area contributed by atoms with E-state index in [1.54, 1.807) is 31.1 Å². The average Bonchev–Trinajstić information content (AvgIpc) is 3.06. The fourth-order valence-electron chi connectivity index (χ4n) is 5.56. The number of hydrogen-bond acceptors (Lipinski definition) is 3. The second-order valence-corrected chi connectivity index (χ2v) is 9.64. The van der Waals surface area contributed by atoms with Gasteiger partial charge in [-0.05, 0) is 62.5 Å². The Hall–Kier alpha value is -2.36. The third kappa shape index (κ3) is 4.81. The number of carbonyl (C=O) groups excluding carboxylic acids is 2. The van der Waals surface area contributed by atoms with Crippen LogP contribution in [0, 0.1) is 5.82 Å². The van der Waals surface area contributed by atoms with E-state index in [9.17, 15) is 27.2 Å². The Morgan fingerprint density at radius 2 is 1.73 bits per heavy atom. The number of halogens is 4. The Morgan fingerprint density at radius 1 is 1.09 bits per heavy atom. The lowest BCUT2D eigenvalue weighted by atomic mass is 9.74. The van der Waals surface area contributed by atoms with Gasteiger partial charge in [-0.3, -0.25) is 9.69 Å². The molecule has 6 nitrogen and oxygen atoms in total. The lowest BCUT2D eigenvalue weighted by Gasteiger charge is -2.45. The molecular weight excluding hydrogens is 440 g/mol. The summed E-state index contributed by atoms with van der Waals surface area (Å²) in [6, 6.07) is 4.71. The summed E-state index contributed by atoms with van der Waals surface area (Å²) < 4.78 is 51.7. The number of nitrogens with zero attached hydrogens (tertiary/aromatic N) is 4. The minimum absolute atomic E-state index is 0.127. The first kappa shape index (κ1) is 23.8. The van der Waals surface area contributed by atoms with Gasteiger partial charge in [0.15, 0.2) is 0 Å². The minimum Gasteiger partial charge on any atom is -0.342 e. The summed E-state index contributed by atoms with van der Waals surface area (Å²) in [4.78, 5) is 31.5. The average molecular weight is 471 g/mol. The molecule has 182 valence electrons. The highest BCUT2D eigenvalue weighted by Gasteiger charge is 2.47. The van der Waals surface area contributed by atoms with Crippen molar-refractivity contribution in [2.45, 2.75) is 49.7 Å². The molecule has 0 saturated carbocycles. The SMILES string of the molecule is CN(C)C(=O)N1CC2(CCN(C3CCN(C(=O)CC(F)(F)F)CC3)CC2)c2cc(F)ccc21. The molecule has 10 heteroatoms. The van der Waals surface area contributed by atoms with E-state index in [0.717, 1.165) is 37.2 Å². The van der Waals surface area contributed by atoms with Crippen LogP contribution in [0.25, 0.3) is 0 Å². The summed E-state index contributed by atoms with van der Waals surface area (Å²) in [5, 5.41) is 0. The second kappa shape index (κ2) is 8.77. The van der Waals surface area contributed by atoms with Gasteiger partial charge in [-0.15, -0.1) is 0 Å². The van der Waals surface area contributed by atoms with Crippen LogP contribution in [0.3, 0.4) is 0 Å². The van der Waals surface area contributed by atoms with Gasteiger partial charge in [0.25, 0.3) is 0 Å². The monoisotopic (exact) mass is 470 g/mol. The fraction of sp³-hybridized carbons (Fsp3) is 0.652. The van der Waals surface area contributed by atoms with Crippen molar-refractivity contribution in [1.82, 2.24) is 14.7 Å². The maximum absolute atomic E-state index is 14.1. The van der Waals surface area contributed by atoms with E-state index in [-0.39, 0.29) is 23.3 Å². The van der Waals surface area contributed by atoms with Gasteiger partial charge in [0.05, 0.1) is 0 Å². The lowest BCUT2D eigenvalue weighted by Crippen LogP contribution is -2.53. The predicted octanol–water partition coefficient (Wildman–Crippen LogP) is 3.60. The van der Waals surface area contributed by atoms with Crippen LogP contribution in [0.15, 0.2) is 18.2 Å². The zero-order chi connectivity index (χ0) is 24.0. The number of urea groups is 1. The number of alkyl halides is 3. The molecule has 0 bridgehead atoms. The van der Waals surface area contributed by atoms with Gasteiger partial charge < -0.3 is 14.7 Å². The highest BCUT2D eigenvalue weighted by Crippen LogP contribution is 2.48. The van der Waals surface area contributed by atoms with Crippen molar-refractivity contribution in [2.24, 2.45) is 0 Å².